The Hall–Kier alpha value is -1.14. The molecule has 0 spiro atoms. The van der Waals surface area contributed by atoms with Crippen LogP contribution in [0.15, 0.2) is 0 Å². The van der Waals surface area contributed by atoms with Crippen LogP contribution >= 0.6 is 0 Å². The Morgan fingerprint density at radius 2 is 2.22 bits per heavy atom. The van der Waals surface area contributed by atoms with Crippen molar-refractivity contribution in [2.24, 2.45) is 5.92 Å². The molecule has 0 radical (unpaired) electrons. The predicted molar refractivity (Wildman–Crippen MR) is 68.3 cm³/mol. The Morgan fingerprint density at radius 3 is 2.83 bits per heavy atom. The molecule has 1 rings (SSSR count). The zero-order valence-electron chi connectivity index (χ0n) is 11.1. The monoisotopic (exact) mass is 257 g/mol. The average Bonchev–Trinajstić information content (AvgIpc) is 2.28. The van der Waals surface area contributed by atoms with E-state index < -0.39 is 12.0 Å². The van der Waals surface area contributed by atoms with Crippen LogP contribution in [0.4, 0.5) is 0 Å². The number of aliphatic carboxylic acids is 1. The van der Waals surface area contributed by atoms with E-state index in [9.17, 15) is 9.59 Å². The summed E-state index contributed by atoms with van der Waals surface area (Å²) in [6.45, 7) is 6.73. The fourth-order valence-corrected chi connectivity index (χ4v) is 1.92. The molecule has 0 aromatic rings. The van der Waals surface area contributed by atoms with Crippen molar-refractivity contribution in [1.82, 2.24) is 15.5 Å². The van der Waals surface area contributed by atoms with Crippen molar-refractivity contribution in [3.8, 4) is 0 Å². The SMILES string of the molecule is CC(C)CCNC(=O)CN1CCNCC1C(=O)O. The normalized spacial score (nSPS) is 20.9. The first-order valence-electron chi connectivity index (χ1n) is 6.45. The third kappa shape index (κ3) is 5.01. The lowest BCUT2D eigenvalue weighted by atomic mass is 10.1. The van der Waals surface area contributed by atoms with Crippen molar-refractivity contribution in [2.75, 3.05) is 32.7 Å². The second-order valence-corrected chi connectivity index (χ2v) is 5.06. The van der Waals surface area contributed by atoms with Gasteiger partial charge in [-0.25, -0.2) is 0 Å². The van der Waals surface area contributed by atoms with Gasteiger partial charge in [-0.3, -0.25) is 14.5 Å². The molecule has 0 aromatic heterocycles. The summed E-state index contributed by atoms with van der Waals surface area (Å²) in [6.07, 6.45) is 0.940. The number of piperazine rings is 1. The molecule has 0 aromatic carbocycles. The maximum absolute atomic E-state index is 11.7. The van der Waals surface area contributed by atoms with Gasteiger partial charge in [0.15, 0.2) is 0 Å². The van der Waals surface area contributed by atoms with Crippen LogP contribution in [0.2, 0.25) is 0 Å². The molecule has 0 bridgehead atoms. The van der Waals surface area contributed by atoms with E-state index in [-0.39, 0.29) is 12.5 Å². The molecule has 3 N–H and O–H groups in total. The van der Waals surface area contributed by atoms with Gasteiger partial charge in [0.25, 0.3) is 0 Å². The van der Waals surface area contributed by atoms with Crippen LogP contribution in [0.1, 0.15) is 20.3 Å². The minimum Gasteiger partial charge on any atom is -0.480 e. The molecule has 1 aliphatic rings. The van der Waals surface area contributed by atoms with E-state index in [0.29, 0.717) is 25.6 Å². The predicted octanol–water partition coefficient (Wildman–Crippen LogP) is -0.493. The molecule has 1 fully saturated rings. The third-order valence-corrected chi connectivity index (χ3v) is 3.03. The number of carbonyl (C=O) groups is 2. The molecule has 6 heteroatoms. The molecule has 1 amide bonds. The molecular formula is C12H23N3O3. The molecule has 1 unspecified atom stereocenters. The lowest BCUT2D eigenvalue weighted by Crippen LogP contribution is -2.57. The van der Waals surface area contributed by atoms with Gasteiger partial charge >= 0.3 is 5.97 Å². The number of hydrogen-bond acceptors (Lipinski definition) is 4. The van der Waals surface area contributed by atoms with Crippen molar-refractivity contribution in [3.05, 3.63) is 0 Å². The second-order valence-electron chi connectivity index (χ2n) is 5.06. The Kier molecular flexibility index (Phi) is 6.07. The van der Waals surface area contributed by atoms with Crippen LogP contribution in [-0.4, -0.2) is 60.6 Å². The Balaban J connectivity index is 2.34. The van der Waals surface area contributed by atoms with Crippen molar-refractivity contribution in [2.45, 2.75) is 26.3 Å². The highest BCUT2D eigenvalue weighted by atomic mass is 16.4. The third-order valence-electron chi connectivity index (χ3n) is 3.03. The van der Waals surface area contributed by atoms with E-state index in [0.717, 1.165) is 13.0 Å². The average molecular weight is 257 g/mol. The van der Waals surface area contributed by atoms with Crippen LogP contribution in [0, 0.1) is 5.92 Å². The van der Waals surface area contributed by atoms with Gasteiger partial charge in [-0.2, -0.15) is 0 Å². The highest BCUT2D eigenvalue weighted by molar-refractivity contribution is 5.80. The van der Waals surface area contributed by atoms with Crippen LogP contribution in [0.5, 0.6) is 0 Å². The fraction of sp³-hybridized carbons (Fsp3) is 0.833. The van der Waals surface area contributed by atoms with E-state index in [1.54, 1.807) is 4.90 Å². The minimum absolute atomic E-state index is 0.0937. The molecule has 1 saturated heterocycles. The van der Waals surface area contributed by atoms with Crippen LogP contribution in [0.25, 0.3) is 0 Å². The van der Waals surface area contributed by atoms with Crippen molar-refractivity contribution in [3.63, 3.8) is 0 Å². The molecule has 0 saturated carbocycles. The summed E-state index contributed by atoms with van der Waals surface area (Å²) >= 11 is 0. The van der Waals surface area contributed by atoms with Gasteiger partial charge in [0.05, 0.1) is 6.54 Å². The summed E-state index contributed by atoms with van der Waals surface area (Å²) < 4.78 is 0. The van der Waals surface area contributed by atoms with Gasteiger partial charge < -0.3 is 15.7 Å². The zero-order valence-corrected chi connectivity index (χ0v) is 11.1. The summed E-state index contributed by atoms with van der Waals surface area (Å²) in [7, 11) is 0. The second kappa shape index (κ2) is 7.33. The minimum atomic E-state index is -0.878. The van der Waals surface area contributed by atoms with E-state index in [2.05, 4.69) is 24.5 Å². The topological polar surface area (TPSA) is 81.7 Å². The molecule has 1 atom stereocenters. The quantitative estimate of drug-likeness (QED) is 0.598. The molecule has 18 heavy (non-hydrogen) atoms. The first-order valence-corrected chi connectivity index (χ1v) is 6.45. The van der Waals surface area contributed by atoms with Gasteiger partial charge in [-0.1, -0.05) is 13.8 Å². The molecular weight excluding hydrogens is 234 g/mol. The van der Waals surface area contributed by atoms with E-state index >= 15 is 0 Å². The summed E-state index contributed by atoms with van der Waals surface area (Å²) in [5.41, 5.74) is 0. The number of rotatable bonds is 6. The smallest absolute Gasteiger partial charge is 0.322 e. The maximum atomic E-state index is 11.7. The number of carbonyl (C=O) groups excluding carboxylic acids is 1. The molecule has 104 valence electrons. The fourth-order valence-electron chi connectivity index (χ4n) is 1.92. The van der Waals surface area contributed by atoms with Gasteiger partial charge in [-0.15, -0.1) is 0 Å². The number of carboxylic acids is 1. The summed E-state index contributed by atoms with van der Waals surface area (Å²) in [4.78, 5) is 24.4. The lowest BCUT2D eigenvalue weighted by Gasteiger charge is -2.32. The molecule has 0 aliphatic carbocycles. The van der Waals surface area contributed by atoms with Crippen LogP contribution in [0.3, 0.4) is 0 Å². The highest BCUT2D eigenvalue weighted by Gasteiger charge is 2.29. The number of nitrogens with one attached hydrogen (secondary N) is 2. The van der Waals surface area contributed by atoms with E-state index in [1.165, 1.54) is 0 Å². The lowest BCUT2D eigenvalue weighted by molar-refractivity contribution is -0.144. The summed E-state index contributed by atoms with van der Waals surface area (Å²) in [5.74, 6) is -0.419. The number of hydrogen-bond donors (Lipinski definition) is 3. The largest absolute Gasteiger partial charge is 0.480 e. The van der Waals surface area contributed by atoms with Gasteiger partial charge in [0, 0.05) is 26.2 Å². The van der Waals surface area contributed by atoms with Gasteiger partial charge in [0.1, 0.15) is 6.04 Å². The van der Waals surface area contributed by atoms with Crippen molar-refractivity contribution < 1.29 is 14.7 Å². The standard InChI is InChI=1S/C12H23N3O3/c1-9(2)3-4-14-11(16)8-15-6-5-13-7-10(15)12(17)18/h9-10,13H,3-8H2,1-2H3,(H,14,16)(H,17,18). The number of amides is 1. The maximum Gasteiger partial charge on any atom is 0.322 e. The van der Waals surface area contributed by atoms with Gasteiger partial charge in [-0.05, 0) is 12.3 Å². The Labute approximate surface area is 108 Å². The zero-order chi connectivity index (χ0) is 13.5. The first-order chi connectivity index (χ1) is 8.50. The highest BCUT2D eigenvalue weighted by Crippen LogP contribution is 2.03. The molecule has 6 nitrogen and oxygen atoms in total. The summed E-state index contributed by atoms with van der Waals surface area (Å²) in [6, 6.07) is -0.602. The Bertz CT molecular complexity index is 294. The number of carboxylic acid groups (broad SMARTS) is 1. The van der Waals surface area contributed by atoms with E-state index in [4.69, 9.17) is 5.11 Å². The Morgan fingerprint density at radius 1 is 1.50 bits per heavy atom. The summed E-state index contributed by atoms with van der Waals surface area (Å²) in [5, 5.41) is 14.9. The van der Waals surface area contributed by atoms with E-state index in [1.807, 2.05) is 0 Å². The van der Waals surface area contributed by atoms with Crippen LogP contribution in [-0.2, 0) is 9.59 Å². The molecule has 1 aliphatic heterocycles. The van der Waals surface area contributed by atoms with Crippen molar-refractivity contribution in [1.29, 1.82) is 0 Å². The van der Waals surface area contributed by atoms with Gasteiger partial charge in [0.2, 0.25) is 5.91 Å². The first kappa shape index (κ1) is 14.9. The number of nitrogens with zero attached hydrogens (tertiary/aromatic N) is 1. The van der Waals surface area contributed by atoms with Crippen LogP contribution < -0.4 is 10.6 Å². The molecule has 1 heterocycles. The van der Waals surface area contributed by atoms with Crippen molar-refractivity contribution >= 4 is 11.9 Å².